The molecule has 0 aromatic heterocycles. The van der Waals surface area contributed by atoms with E-state index in [4.69, 9.17) is 5.73 Å². The first kappa shape index (κ1) is 22.3. The number of carbonyl (C=O) groups is 2. The van der Waals surface area contributed by atoms with Crippen LogP contribution in [0.2, 0.25) is 0 Å². The van der Waals surface area contributed by atoms with Crippen LogP contribution in [-0.2, 0) is 15.0 Å². The van der Waals surface area contributed by atoms with Gasteiger partial charge in [0.1, 0.15) is 5.82 Å². The van der Waals surface area contributed by atoms with Gasteiger partial charge in [-0.05, 0) is 17.5 Å². The second kappa shape index (κ2) is 9.59. The van der Waals surface area contributed by atoms with E-state index < -0.39 is 11.5 Å². The van der Waals surface area contributed by atoms with Crippen LogP contribution in [0.1, 0.15) is 33.3 Å². The van der Waals surface area contributed by atoms with E-state index in [2.05, 4.69) is 10.6 Å². The van der Waals surface area contributed by atoms with Crippen LogP contribution in [0.4, 0.5) is 4.39 Å². The van der Waals surface area contributed by atoms with Crippen molar-refractivity contribution in [3.8, 4) is 0 Å². The van der Waals surface area contributed by atoms with Crippen LogP contribution in [-0.4, -0.2) is 30.9 Å². The summed E-state index contributed by atoms with van der Waals surface area (Å²) in [6.07, 6.45) is 0. The first-order valence-corrected chi connectivity index (χ1v) is 7.70. The van der Waals surface area contributed by atoms with Crippen molar-refractivity contribution in [1.29, 1.82) is 0 Å². The quantitative estimate of drug-likeness (QED) is 0.693. The Morgan fingerprint density at radius 2 is 1.79 bits per heavy atom. The molecule has 2 amide bonds. The van der Waals surface area contributed by atoms with Gasteiger partial charge < -0.3 is 16.4 Å². The average Bonchev–Trinajstić information content (AvgIpc) is 2.50. The van der Waals surface area contributed by atoms with E-state index in [0.29, 0.717) is 5.56 Å². The summed E-state index contributed by atoms with van der Waals surface area (Å²) in [7, 11) is 0. The molecule has 0 saturated carbocycles. The molecule has 136 valence electrons. The van der Waals surface area contributed by atoms with Crippen LogP contribution < -0.4 is 16.4 Å². The third-order valence-electron chi connectivity index (χ3n) is 3.77. The first-order valence-electron chi connectivity index (χ1n) is 7.70. The number of nitrogens with one attached hydrogen (secondary N) is 2. The minimum absolute atomic E-state index is 0. The van der Waals surface area contributed by atoms with E-state index in [1.807, 2.05) is 27.7 Å². The molecule has 0 spiro atoms. The highest BCUT2D eigenvalue weighted by Gasteiger charge is 2.24. The molecule has 7 heteroatoms. The van der Waals surface area contributed by atoms with Gasteiger partial charge in [0.25, 0.3) is 0 Å². The zero-order valence-corrected chi connectivity index (χ0v) is 15.4. The highest BCUT2D eigenvalue weighted by molar-refractivity contribution is 5.87. The van der Waals surface area contributed by atoms with E-state index >= 15 is 0 Å². The number of hydrogen-bond donors (Lipinski definition) is 3. The normalized spacial score (nSPS) is 12.3. The summed E-state index contributed by atoms with van der Waals surface area (Å²) in [6.45, 7) is 7.48. The standard InChI is InChI=1S/C17H26FN3O2.ClH/c1-11(2)15(19)16(23)20-9-14(22)21-10-17(3,4)12-7-5-6-8-13(12)18;/h5-8,11,15H,9-10,19H2,1-4H3,(H,20,23)(H,21,22);1H/t15-;/m0./s1. The summed E-state index contributed by atoms with van der Waals surface area (Å²) in [6, 6.07) is 5.84. The van der Waals surface area contributed by atoms with E-state index in [9.17, 15) is 14.0 Å². The number of hydrogen-bond acceptors (Lipinski definition) is 3. The summed E-state index contributed by atoms with van der Waals surface area (Å²) >= 11 is 0. The summed E-state index contributed by atoms with van der Waals surface area (Å²) in [5.41, 5.74) is 5.67. The maximum absolute atomic E-state index is 13.8. The number of carbonyl (C=O) groups excluding carboxylic acids is 2. The summed E-state index contributed by atoms with van der Waals surface area (Å²) in [5, 5.41) is 5.21. The lowest BCUT2D eigenvalue weighted by Crippen LogP contribution is -2.48. The lowest BCUT2D eigenvalue weighted by molar-refractivity contribution is -0.127. The number of rotatable bonds is 7. The van der Waals surface area contributed by atoms with Gasteiger partial charge >= 0.3 is 0 Å². The fraction of sp³-hybridized carbons (Fsp3) is 0.529. The molecule has 1 aromatic rings. The maximum Gasteiger partial charge on any atom is 0.239 e. The predicted octanol–water partition coefficient (Wildman–Crippen LogP) is 1.74. The van der Waals surface area contributed by atoms with Crippen molar-refractivity contribution in [3.63, 3.8) is 0 Å². The van der Waals surface area contributed by atoms with Crippen molar-refractivity contribution in [2.24, 2.45) is 11.7 Å². The fourth-order valence-corrected chi connectivity index (χ4v) is 2.08. The third-order valence-corrected chi connectivity index (χ3v) is 3.77. The molecule has 1 atom stereocenters. The highest BCUT2D eigenvalue weighted by Crippen LogP contribution is 2.24. The summed E-state index contributed by atoms with van der Waals surface area (Å²) in [4.78, 5) is 23.5. The van der Waals surface area contributed by atoms with Gasteiger partial charge in [-0.25, -0.2) is 4.39 Å². The largest absolute Gasteiger partial charge is 0.354 e. The van der Waals surface area contributed by atoms with Crippen LogP contribution in [0.5, 0.6) is 0 Å². The van der Waals surface area contributed by atoms with Crippen molar-refractivity contribution in [2.45, 2.75) is 39.2 Å². The average molecular weight is 360 g/mol. The van der Waals surface area contributed by atoms with Gasteiger partial charge in [0.2, 0.25) is 11.8 Å². The van der Waals surface area contributed by atoms with Gasteiger partial charge in [0, 0.05) is 12.0 Å². The van der Waals surface area contributed by atoms with Crippen molar-refractivity contribution >= 4 is 24.2 Å². The van der Waals surface area contributed by atoms with Crippen molar-refractivity contribution in [3.05, 3.63) is 35.6 Å². The molecule has 0 aliphatic rings. The number of benzene rings is 1. The van der Waals surface area contributed by atoms with Crippen LogP contribution >= 0.6 is 12.4 Å². The molecule has 0 fully saturated rings. The van der Waals surface area contributed by atoms with Crippen LogP contribution in [0.15, 0.2) is 24.3 Å². The van der Waals surface area contributed by atoms with Gasteiger partial charge in [-0.2, -0.15) is 0 Å². The Kier molecular flexibility index (Phi) is 8.93. The zero-order chi connectivity index (χ0) is 17.6. The molecule has 1 aromatic carbocycles. The van der Waals surface area contributed by atoms with Crippen LogP contribution in [0.25, 0.3) is 0 Å². The van der Waals surface area contributed by atoms with Gasteiger partial charge in [0.15, 0.2) is 0 Å². The van der Waals surface area contributed by atoms with Gasteiger partial charge in [0.05, 0.1) is 12.6 Å². The lowest BCUT2D eigenvalue weighted by atomic mass is 9.84. The molecule has 0 unspecified atom stereocenters. The molecule has 0 aliphatic carbocycles. The Balaban J connectivity index is 0.00000529. The smallest absolute Gasteiger partial charge is 0.239 e. The molecule has 24 heavy (non-hydrogen) atoms. The van der Waals surface area contributed by atoms with E-state index in [1.165, 1.54) is 6.07 Å². The molecule has 0 aliphatic heterocycles. The number of nitrogens with two attached hydrogens (primary N) is 1. The molecule has 1 rings (SSSR count). The Bertz CT molecular complexity index is 565. The Morgan fingerprint density at radius 1 is 1.21 bits per heavy atom. The topological polar surface area (TPSA) is 84.2 Å². The number of halogens is 2. The molecule has 0 heterocycles. The minimum atomic E-state index is -0.641. The molecular weight excluding hydrogens is 333 g/mol. The monoisotopic (exact) mass is 359 g/mol. The third kappa shape index (κ3) is 6.45. The van der Waals surface area contributed by atoms with Gasteiger partial charge in [-0.1, -0.05) is 45.9 Å². The Labute approximate surface area is 149 Å². The van der Waals surface area contributed by atoms with Crippen molar-refractivity contribution in [2.75, 3.05) is 13.1 Å². The first-order chi connectivity index (χ1) is 10.6. The second-order valence-electron chi connectivity index (χ2n) is 6.63. The zero-order valence-electron chi connectivity index (χ0n) is 14.6. The minimum Gasteiger partial charge on any atom is -0.354 e. The maximum atomic E-state index is 13.8. The Hall–Kier alpha value is -1.66. The van der Waals surface area contributed by atoms with E-state index in [1.54, 1.807) is 18.2 Å². The number of amides is 2. The fourth-order valence-electron chi connectivity index (χ4n) is 2.08. The second-order valence-corrected chi connectivity index (χ2v) is 6.63. The van der Waals surface area contributed by atoms with E-state index in [0.717, 1.165) is 0 Å². The van der Waals surface area contributed by atoms with Gasteiger partial charge in [-0.15, -0.1) is 12.4 Å². The predicted molar refractivity (Wildman–Crippen MR) is 95.5 cm³/mol. The summed E-state index contributed by atoms with van der Waals surface area (Å²) < 4.78 is 13.8. The van der Waals surface area contributed by atoms with Crippen LogP contribution in [0.3, 0.4) is 0 Å². The lowest BCUT2D eigenvalue weighted by Gasteiger charge is -2.26. The molecule has 0 radical (unpaired) electrons. The molecule has 0 bridgehead atoms. The SMILES string of the molecule is CC(C)[C@H](N)C(=O)NCC(=O)NCC(C)(C)c1ccccc1F.Cl. The summed E-state index contributed by atoms with van der Waals surface area (Å²) in [5.74, 6) is -0.997. The molecular formula is C17H27ClFN3O2. The molecule has 0 saturated heterocycles. The Morgan fingerprint density at radius 3 is 2.33 bits per heavy atom. The highest BCUT2D eigenvalue weighted by atomic mass is 35.5. The molecule has 4 N–H and O–H groups in total. The van der Waals surface area contributed by atoms with Gasteiger partial charge in [-0.3, -0.25) is 9.59 Å². The molecule has 5 nitrogen and oxygen atoms in total. The van der Waals surface area contributed by atoms with Crippen LogP contribution in [0, 0.1) is 11.7 Å². The van der Waals surface area contributed by atoms with Crippen molar-refractivity contribution < 1.29 is 14.0 Å². The van der Waals surface area contributed by atoms with E-state index in [-0.39, 0.29) is 49.0 Å². The van der Waals surface area contributed by atoms with Crippen molar-refractivity contribution in [1.82, 2.24) is 10.6 Å².